The van der Waals surface area contributed by atoms with E-state index in [1.54, 1.807) is 17.7 Å². The Kier molecular flexibility index (Phi) is 3.74. The normalized spacial score (nSPS) is 23.3. The Labute approximate surface area is 139 Å². The van der Waals surface area contributed by atoms with Crippen LogP contribution in [0.15, 0.2) is 30.2 Å². The quantitative estimate of drug-likeness (QED) is 0.764. The predicted molar refractivity (Wildman–Crippen MR) is 92.3 cm³/mol. The maximum absolute atomic E-state index is 4.58. The number of anilines is 1. The molecule has 1 aliphatic heterocycles. The molecule has 4 rings (SSSR count). The van der Waals surface area contributed by atoms with Crippen LogP contribution in [0.25, 0.3) is 11.0 Å². The van der Waals surface area contributed by atoms with Crippen LogP contribution in [0.5, 0.6) is 0 Å². The Morgan fingerprint density at radius 3 is 3.09 bits per heavy atom. The van der Waals surface area contributed by atoms with Gasteiger partial charge in [-0.2, -0.15) is 4.98 Å². The van der Waals surface area contributed by atoms with Crippen molar-refractivity contribution in [3.05, 3.63) is 30.2 Å². The molecule has 3 atom stereocenters. The van der Waals surface area contributed by atoms with Crippen LogP contribution in [-0.4, -0.2) is 46.1 Å². The van der Waals surface area contributed by atoms with Crippen LogP contribution in [0.4, 0.5) is 10.9 Å². The second kappa shape index (κ2) is 5.90. The fourth-order valence-corrected chi connectivity index (χ4v) is 4.22. The number of aromatic nitrogens is 4. The highest BCUT2D eigenvalue weighted by molar-refractivity contribution is 7.13. The molecule has 0 bridgehead atoms. The molecule has 3 unspecified atom stereocenters. The molecule has 1 fully saturated rings. The van der Waals surface area contributed by atoms with Crippen molar-refractivity contribution in [2.75, 3.05) is 25.0 Å². The van der Waals surface area contributed by atoms with Gasteiger partial charge in [-0.05, 0) is 12.5 Å². The molecular weight excluding hydrogens is 308 g/mol. The third kappa shape index (κ3) is 2.60. The van der Waals surface area contributed by atoms with Crippen molar-refractivity contribution in [3.63, 3.8) is 0 Å². The number of quaternary nitrogens is 1. The second-order valence-electron chi connectivity index (χ2n) is 6.28. The third-order valence-electron chi connectivity index (χ3n) is 4.93. The molecule has 0 radical (unpaired) electrons. The third-order valence-corrected chi connectivity index (χ3v) is 5.76. The fraction of sp³-hybridized carbons (Fsp3) is 0.438. The van der Waals surface area contributed by atoms with Gasteiger partial charge < -0.3 is 9.88 Å². The zero-order chi connectivity index (χ0) is 15.8. The van der Waals surface area contributed by atoms with Crippen molar-refractivity contribution < 1.29 is 4.90 Å². The predicted octanol–water partition coefficient (Wildman–Crippen LogP) is 1.48. The van der Waals surface area contributed by atoms with Crippen molar-refractivity contribution in [2.24, 2.45) is 5.92 Å². The second-order valence-corrected chi connectivity index (χ2v) is 7.15. The summed E-state index contributed by atoms with van der Waals surface area (Å²) >= 11 is 1.72. The van der Waals surface area contributed by atoms with Crippen LogP contribution in [0.3, 0.4) is 0 Å². The molecule has 3 aromatic rings. The van der Waals surface area contributed by atoms with E-state index in [0.717, 1.165) is 35.1 Å². The van der Waals surface area contributed by atoms with E-state index in [1.807, 2.05) is 17.8 Å². The first kappa shape index (κ1) is 14.6. The zero-order valence-corrected chi connectivity index (χ0v) is 14.2. The molecule has 4 heterocycles. The fourth-order valence-electron chi connectivity index (χ4n) is 3.54. The number of hydrogen-bond acceptors (Lipinski definition) is 5. The molecule has 1 saturated heterocycles. The minimum absolute atomic E-state index is 0.487. The maximum Gasteiger partial charge on any atom is 0.238 e. The van der Waals surface area contributed by atoms with Crippen molar-refractivity contribution in [1.29, 1.82) is 0 Å². The summed E-state index contributed by atoms with van der Waals surface area (Å²) in [7, 11) is 2.22. The first-order valence-electron chi connectivity index (χ1n) is 8.00. The van der Waals surface area contributed by atoms with Crippen molar-refractivity contribution in [2.45, 2.75) is 19.4 Å². The Balaban J connectivity index is 1.63. The molecule has 2 N–H and O–H groups in total. The van der Waals surface area contributed by atoms with Gasteiger partial charge in [0.15, 0.2) is 5.13 Å². The Morgan fingerprint density at radius 2 is 2.26 bits per heavy atom. The molecule has 0 aromatic carbocycles. The summed E-state index contributed by atoms with van der Waals surface area (Å²) in [5, 5.41) is 4.29. The number of fused-ring (bicyclic) bond motifs is 1. The van der Waals surface area contributed by atoms with Crippen molar-refractivity contribution in [3.8, 4) is 0 Å². The Bertz CT molecular complexity index is 783. The van der Waals surface area contributed by atoms with E-state index in [-0.39, 0.29) is 0 Å². The minimum atomic E-state index is 0.487. The van der Waals surface area contributed by atoms with Crippen LogP contribution < -0.4 is 9.80 Å². The van der Waals surface area contributed by atoms with Gasteiger partial charge in [-0.15, -0.1) is 11.3 Å². The first-order chi connectivity index (χ1) is 11.2. The van der Waals surface area contributed by atoms with Gasteiger partial charge in [0.25, 0.3) is 0 Å². The topological polar surface area (TPSA) is 62.1 Å². The van der Waals surface area contributed by atoms with Crippen LogP contribution >= 0.6 is 11.3 Å². The van der Waals surface area contributed by atoms with Crippen molar-refractivity contribution >= 4 is 33.3 Å². The highest BCUT2D eigenvalue weighted by atomic mass is 32.1. The van der Waals surface area contributed by atoms with Crippen LogP contribution in [0, 0.1) is 5.92 Å². The van der Waals surface area contributed by atoms with E-state index >= 15 is 0 Å². The van der Waals surface area contributed by atoms with E-state index in [1.165, 1.54) is 11.3 Å². The van der Waals surface area contributed by atoms with Crippen LogP contribution in [0.2, 0.25) is 0 Å². The summed E-state index contributed by atoms with van der Waals surface area (Å²) in [6.07, 6.45) is 6.66. The monoisotopic (exact) mass is 329 g/mol. The molecule has 6 nitrogen and oxygen atoms in total. The molecule has 0 spiro atoms. The van der Waals surface area contributed by atoms with Gasteiger partial charge >= 0.3 is 0 Å². The molecule has 120 valence electrons. The molecule has 3 aromatic heterocycles. The van der Waals surface area contributed by atoms with Crippen molar-refractivity contribution in [1.82, 2.24) is 19.9 Å². The average molecular weight is 329 g/mol. The first-order valence-corrected chi connectivity index (χ1v) is 8.88. The lowest BCUT2D eigenvalue weighted by molar-refractivity contribution is -0.844. The molecular formula is C16H21N6S+. The summed E-state index contributed by atoms with van der Waals surface area (Å²) in [6, 6.07) is 2.56. The lowest BCUT2D eigenvalue weighted by Crippen LogP contribution is -3.11. The van der Waals surface area contributed by atoms with E-state index < -0.39 is 0 Å². The molecule has 0 aliphatic carbocycles. The number of nitrogens with zero attached hydrogens (tertiary/aromatic N) is 4. The van der Waals surface area contributed by atoms with E-state index in [0.29, 0.717) is 12.0 Å². The summed E-state index contributed by atoms with van der Waals surface area (Å²) in [5.41, 5.74) is 0.912. The highest BCUT2D eigenvalue weighted by Gasteiger charge is 2.35. The minimum Gasteiger partial charge on any atom is -0.346 e. The summed E-state index contributed by atoms with van der Waals surface area (Å²) in [4.78, 5) is 20.3. The number of piperidine rings is 1. The molecule has 0 amide bonds. The Hall–Kier alpha value is -1.99. The van der Waals surface area contributed by atoms with Crippen LogP contribution in [-0.2, 0) is 0 Å². The van der Waals surface area contributed by atoms with Gasteiger partial charge in [0.05, 0.1) is 13.6 Å². The maximum atomic E-state index is 4.58. The summed E-state index contributed by atoms with van der Waals surface area (Å²) in [6.45, 7) is 4.45. The number of nitrogens with one attached hydrogen (secondary N) is 2. The SMILES string of the molecule is CC1CCN(c2nccs2)CC1[NH+](C)c1ncnc2[nH]ccc12. The van der Waals surface area contributed by atoms with E-state index in [2.05, 4.69) is 44.9 Å². The van der Waals surface area contributed by atoms with Gasteiger partial charge in [0.2, 0.25) is 5.82 Å². The van der Waals surface area contributed by atoms with Crippen LogP contribution in [0.1, 0.15) is 13.3 Å². The lowest BCUT2D eigenvalue weighted by atomic mass is 9.92. The van der Waals surface area contributed by atoms with Gasteiger partial charge in [0.1, 0.15) is 23.4 Å². The van der Waals surface area contributed by atoms with Gasteiger partial charge in [0, 0.05) is 30.2 Å². The number of hydrogen-bond donors (Lipinski definition) is 2. The number of aromatic amines is 1. The number of thiazole rings is 1. The molecule has 7 heteroatoms. The lowest BCUT2D eigenvalue weighted by Gasteiger charge is -2.38. The van der Waals surface area contributed by atoms with E-state index in [4.69, 9.17) is 0 Å². The van der Waals surface area contributed by atoms with Gasteiger partial charge in [-0.25, -0.2) is 9.97 Å². The molecule has 23 heavy (non-hydrogen) atoms. The van der Waals surface area contributed by atoms with Gasteiger partial charge in [-0.3, -0.25) is 4.90 Å². The highest BCUT2D eigenvalue weighted by Crippen LogP contribution is 2.25. The van der Waals surface area contributed by atoms with E-state index in [9.17, 15) is 0 Å². The zero-order valence-electron chi connectivity index (χ0n) is 13.4. The Morgan fingerprint density at radius 1 is 1.35 bits per heavy atom. The average Bonchev–Trinajstić information content (AvgIpc) is 3.25. The van der Waals surface area contributed by atoms with Gasteiger partial charge in [-0.1, -0.05) is 6.92 Å². The number of rotatable bonds is 3. The summed E-state index contributed by atoms with van der Waals surface area (Å²) in [5.74, 6) is 1.73. The largest absolute Gasteiger partial charge is 0.346 e. The standard InChI is InChI=1S/C16H20N6S/c1-11-4-7-22(16-18-6-8-23-16)9-13(11)21(2)15-12-3-5-17-14(12)19-10-20-15/h3,5-6,8,10-11,13H,4,7,9H2,1-2H3,(H,17,19,20)/p+1. The number of H-pyrrole nitrogens is 1. The summed E-state index contributed by atoms with van der Waals surface area (Å²) < 4.78 is 0. The smallest absolute Gasteiger partial charge is 0.238 e. The number of likely N-dealkylation sites (N-methyl/N-ethyl adjacent to an activating group) is 1. The molecule has 0 saturated carbocycles. The molecule has 1 aliphatic rings.